The molecule has 0 radical (unpaired) electrons. The topological polar surface area (TPSA) is 58.2 Å². The van der Waals surface area contributed by atoms with E-state index in [0.717, 1.165) is 16.8 Å². The lowest BCUT2D eigenvalue weighted by Crippen LogP contribution is -2.39. The number of nitrogens with one attached hydrogen (secondary N) is 2. The van der Waals surface area contributed by atoms with Crippen LogP contribution in [0.4, 0.5) is 5.69 Å². The van der Waals surface area contributed by atoms with E-state index in [1.165, 1.54) is 0 Å². The number of carbonyl (C=O) groups is 2. The van der Waals surface area contributed by atoms with E-state index in [0.29, 0.717) is 0 Å². The monoisotopic (exact) mass is 262 g/mol. The van der Waals surface area contributed by atoms with Gasteiger partial charge in [0.2, 0.25) is 11.8 Å². The molecule has 0 spiro atoms. The quantitative estimate of drug-likeness (QED) is 0.878. The zero-order valence-electron chi connectivity index (χ0n) is 12.3. The summed E-state index contributed by atoms with van der Waals surface area (Å²) in [4.78, 5) is 23.4. The lowest BCUT2D eigenvalue weighted by Gasteiger charge is -2.17. The van der Waals surface area contributed by atoms with Crippen molar-refractivity contribution in [2.24, 2.45) is 5.41 Å². The molecule has 1 rings (SSSR count). The molecular weight excluding hydrogens is 240 g/mol. The fourth-order valence-corrected chi connectivity index (χ4v) is 1.68. The predicted molar refractivity (Wildman–Crippen MR) is 77.0 cm³/mol. The normalized spacial score (nSPS) is 11.0. The van der Waals surface area contributed by atoms with E-state index >= 15 is 0 Å². The summed E-state index contributed by atoms with van der Waals surface area (Å²) >= 11 is 0. The molecule has 0 saturated carbocycles. The second-order valence-electron chi connectivity index (χ2n) is 5.86. The van der Waals surface area contributed by atoms with Crippen molar-refractivity contribution in [3.63, 3.8) is 0 Å². The van der Waals surface area contributed by atoms with Gasteiger partial charge < -0.3 is 10.6 Å². The van der Waals surface area contributed by atoms with Crippen LogP contribution in [0.15, 0.2) is 18.2 Å². The number of benzene rings is 1. The van der Waals surface area contributed by atoms with Crippen LogP contribution in [0.2, 0.25) is 0 Å². The zero-order valence-corrected chi connectivity index (χ0v) is 12.3. The first-order valence-corrected chi connectivity index (χ1v) is 6.35. The number of hydrogen-bond acceptors (Lipinski definition) is 2. The maximum atomic E-state index is 11.7. The lowest BCUT2D eigenvalue weighted by atomic mass is 9.96. The SMILES string of the molecule is Cc1cc(C)cc(NC(=O)CNC(=O)C(C)(C)C)c1. The van der Waals surface area contributed by atoms with E-state index in [9.17, 15) is 9.59 Å². The third-order valence-electron chi connectivity index (χ3n) is 2.60. The molecule has 0 fully saturated rings. The predicted octanol–water partition coefficient (Wildman–Crippen LogP) is 2.40. The van der Waals surface area contributed by atoms with Crippen LogP contribution < -0.4 is 10.6 Å². The summed E-state index contributed by atoms with van der Waals surface area (Å²) in [5.74, 6) is -0.356. The summed E-state index contributed by atoms with van der Waals surface area (Å²) in [6.45, 7) is 9.37. The molecule has 0 saturated heterocycles. The third kappa shape index (κ3) is 5.12. The van der Waals surface area contributed by atoms with Crippen LogP contribution in [0.1, 0.15) is 31.9 Å². The second-order valence-corrected chi connectivity index (χ2v) is 5.86. The average molecular weight is 262 g/mol. The lowest BCUT2D eigenvalue weighted by molar-refractivity contribution is -0.130. The standard InChI is InChI=1S/C15H22N2O2/c1-10-6-11(2)8-12(7-10)17-13(18)9-16-14(19)15(3,4)5/h6-8H,9H2,1-5H3,(H,16,19)(H,17,18). The van der Waals surface area contributed by atoms with E-state index in [2.05, 4.69) is 10.6 Å². The first-order valence-electron chi connectivity index (χ1n) is 6.35. The highest BCUT2D eigenvalue weighted by molar-refractivity contribution is 5.95. The van der Waals surface area contributed by atoms with Gasteiger partial charge in [-0.3, -0.25) is 9.59 Å². The van der Waals surface area contributed by atoms with Crippen molar-refractivity contribution in [2.45, 2.75) is 34.6 Å². The van der Waals surface area contributed by atoms with Crippen LogP contribution >= 0.6 is 0 Å². The van der Waals surface area contributed by atoms with E-state index < -0.39 is 5.41 Å². The molecule has 4 heteroatoms. The molecule has 0 aliphatic rings. The van der Waals surface area contributed by atoms with Gasteiger partial charge in [-0.2, -0.15) is 0 Å². The maximum absolute atomic E-state index is 11.7. The van der Waals surface area contributed by atoms with E-state index in [1.54, 1.807) is 0 Å². The minimum Gasteiger partial charge on any atom is -0.347 e. The van der Waals surface area contributed by atoms with Crippen molar-refractivity contribution in [1.29, 1.82) is 0 Å². The number of aryl methyl sites for hydroxylation is 2. The minimum absolute atomic E-state index is 0.0108. The van der Waals surface area contributed by atoms with Gasteiger partial charge in [0.25, 0.3) is 0 Å². The molecule has 0 bridgehead atoms. The summed E-state index contributed by atoms with van der Waals surface area (Å²) in [6.07, 6.45) is 0. The van der Waals surface area contributed by atoms with Crippen molar-refractivity contribution in [3.05, 3.63) is 29.3 Å². The van der Waals surface area contributed by atoms with Gasteiger partial charge in [-0.1, -0.05) is 26.8 Å². The molecular formula is C15H22N2O2. The molecule has 0 aromatic heterocycles. The Morgan fingerprint density at radius 1 is 1.05 bits per heavy atom. The molecule has 1 aromatic rings. The van der Waals surface area contributed by atoms with Crippen molar-refractivity contribution in [2.75, 3.05) is 11.9 Å². The highest BCUT2D eigenvalue weighted by Crippen LogP contribution is 2.14. The summed E-state index contributed by atoms with van der Waals surface area (Å²) in [5, 5.41) is 5.40. The van der Waals surface area contributed by atoms with E-state index in [-0.39, 0.29) is 18.4 Å². The maximum Gasteiger partial charge on any atom is 0.243 e. The molecule has 0 aliphatic carbocycles. The van der Waals surface area contributed by atoms with Crippen LogP contribution in [0.25, 0.3) is 0 Å². The first kappa shape index (κ1) is 15.2. The summed E-state index contributed by atoms with van der Waals surface area (Å²) in [5.41, 5.74) is 2.45. The second kappa shape index (κ2) is 5.87. The summed E-state index contributed by atoms with van der Waals surface area (Å²) in [6, 6.07) is 5.84. The Bertz CT molecular complexity index is 467. The van der Waals surface area contributed by atoms with Gasteiger partial charge >= 0.3 is 0 Å². The Labute approximate surface area is 114 Å². The van der Waals surface area contributed by atoms with Crippen molar-refractivity contribution < 1.29 is 9.59 Å². The Balaban J connectivity index is 2.54. The average Bonchev–Trinajstić information content (AvgIpc) is 2.22. The third-order valence-corrected chi connectivity index (χ3v) is 2.60. The molecule has 2 N–H and O–H groups in total. The molecule has 104 valence electrons. The number of carbonyl (C=O) groups excluding carboxylic acids is 2. The molecule has 0 atom stereocenters. The zero-order chi connectivity index (χ0) is 14.6. The molecule has 0 aliphatic heterocycles. The highest BCUT2D eigenvalue weighted by atomic mass is 16.2. The Kier molecular flexibility index (Phi) is 4.70. The van der Waals surface area contributed by atoms with Gasteiger partial charge in [0.15, 0.2) is 0 Å². The van der Waals surface area contributed by atoms with Crippen molar-refractivity contribution >= 4 is 17.5 Å². The molecule has 1 aromatic carbocycles. The summed E-state index contributed by atoms with van der Waals surface area (Å²) < 4.78 is 0. The van der Waals surface area contributed by atoms with E-state index in [1.807, 2.05) is 52.8 Å². The number of hydrogen-bond donors (Lipinski definition) is 2. The summed E-state index contributed by atoms with van der Waals surface area (Å²) in [7, 11) is 0. The van der Waals surface area contributed by atoms with Gasteiger partial charge in [0, 0.05) is 11.1 Å². The fourth-order valence-electron chi connectivity index (χ4n) is 1.68. The molecule has 2 amide bonds. The Morgan fingerprint density at radius 2 is 1.58 bits per heavy atom. The van der Waals surface area contributed by atoms with Crippen LogP contribution in [0.3, 0.4) is 0 Å². The molecule has 0 heterocycles. The van der Waals surface area contributed by atoms with Crippen LogP contribution in [0, 0.1) is 19.3 Å². The van der Waals surface area contributed by atoms with E-state index in [4.69, 9.17) is 0 Å². The van der Waals surface area contributed by atoms with Gasteiger partial charge in [-0.25, -0.2) is 0 Å². The van der Waals surface area contributed by atoms with Gasteiger partial charge in [-0.05, 0) is 37.1 Å². The largest absolute Gasteiger partial charge is 0.347 e. The molecule has 19 heavy (non-hydrogen) atoms. The number of anilines is 1. The fraction of sp³-hybridized carbons (Fsp3) is 0.467. The Hall–Kier alpha value is -1.84. The minimum atomic E-state index is -0.486. The first-order chi connectivity index (χ1) is 8.68. The van der Waals surface area contributed by atoms with Crippen molar-refractivity contribution in [1.82, 2.24) is 5.32 Å². The van der Waals surface area contributed by atoms with Gasteiger partial charge in [-0.15, -0.1) is 0 Å². The smallest absolute Gasteiger partial charge is 0.243 e. The van der Waals surface area contributed by atoms with Crippen LogP contribution in [0.5, 0.6) is 0 Å². The number of rotatable bonds is 3. The highest BCUT2D eigenvalue weighted by Gasteiger charge is 2.21. The molecule has 4 nitrogen and oxygen atoms in total. The van der Waals surface area contributed by atoms with Gasteiger partial charge in [0.05, 0.1) is 6.54 Å². The molecule has 0 unspecified atom stereocenters. The van der Waals surface area contributed by atoms with Crippen LogP contribution in [-0.2, 0) is 9.59 Å². The van der Waals surface area contributed by atoms with Crippen LogP contribution in [-0.4, -0.2) is 18.4 Å². The Morgan fingerprint density at radius 3 is 2.05 bits per heavy atom. The number of amides is 2. The van der Waals surface area contributed by atoms with Crippen molar-refractivity contribution in [3.8, 4) is 0 Å². The van der Waals surface area contributed by atoms with Gasteiger partial charge in [0.1, 0.15) is 0 Å².